The maximum Gasteiger partial charge on any atom is 0.256 e. The lowest BCUT2D eigenvalue weighted by Gasteiger charge is -2.34. The second-order valence-electron chi connectivity index (χ2n) is 7.56. The summed E-state index contributed by atoms with van der Waals surface area (Å²) < 4.78 is 13.1. The van der Waals surface area contributed by atoms with Gasteiger partial charge in [-0.1, -0.05) is 12.1 Å². The number of nitrogens with one attached hydrogen (secondary N) is 1. The maximum atomic E-state index is 13.1. The normalized spacial score (nSPS) is 14.7. The van der Waals surface area contributed by atoms with Gasteiger partial charge in [-0.15, -0.1) is 11.8 Å². The minimum atomic E-state index is -0.265. The summed E-state index contributed by atoms with van der Waals surface area (Å²) in [6, 6.07) is 10.0. The molecule has 0 saturated carbocycles. The smallest absolute Gasteiger partial charge is 0.256 e. The summed E-state index contributed by atoms with van der Waals surface area (Å²) in [5, 5.41) is 3.57. The van der Waals surface area contributed by atoms with Crippen molar-refractivity contribution in [2.45, 2.75) is 30.7 Å². The van der Waals surface area contributed by atoms with Crippen LogP contribution in [0.15, 0.2) is 47.6 Å². The number of rotatable bonds is 7. The standard InChI is InChI=1S/C22H27FN4O2S/c1-16(2)25-20(28)14-26-10-12-27(13-11-26)22(29)19-4-3-9-24-21(19)30-15-17-5-7-18(23)8-6-17/h3-9,16H,10-15H2,1-2H3,(H,25,28). The molecular formula is C22H27FN4O2S. The summed E-state index contributed by atoms with van der Waals surface area (Å²) in [5.41, 5.74) is 1.55. The number of carbonyl (C=O) groups is 2. The van der Waals surface area contributed by atoms with Gasteiger partial charge in [0.05, 0.1) is 12.1 Å². The molecule has 1 aliphatic heterocycles. The Morgan fingerprint density at radius 3 is 2.50 bits per heavy atom. The third kappa shape index (κ3) is 6.27. The van der Waals surface area contributed by atoms with Crippen LogP contribution in [0.5, 0.6) is 0 Å². The van der Waals surface area contributed by atoms with Gasteiger partial charge in [0.1, 0.15) is 10.8 Å². The van der Waals surface area contributed by atoms with Crippen LogP contribution in [0.25, 0.3) is 0 Å². The SMILES string of the molecule is CC(C)NC(=O)CN1CCN(C(=O)c2cccnc2SCc2ccc(F)cc2)CC1. The number of nitrogens with zero attached hydrogens (tertiary/aromatic N) is 3. The molecule has 6 nitrogen and oxygen atoms in total. The van der Waals surface area contributed by atoms with E-state index in [4.69, 9.17) is 0 Å². The minimum absolute atomic E-state index is 0.0107. The van der Waals surface area contributed by atoms with E-state index in [9.17, 15) is 14.0 Å². The van der Waals surface area contributed by atoms with Crippen molar-refractivity contribution in [3.05, 3.63) is 59.5 Å². The first-order chi connectivity index (χ1) is 14.4. The molecule has 3 rings (SSSR count). The fourth-order valence-electron chi connectivity index (χ4n) is 3.25. The van der Waals surface area contributed by atoms with Crippen LogP contribution in [0.3, 0.4) is 0 Å². The van der Waals surface area contributed by atoms with Crippen molar-refractivity contribution in [3.63, 3.8) is 0 Å². The van der Waals surface area contributed by atoms with E-state index in [0.29, 0.717) is 49.1 Å². The number of piperazine rings is 1. The van der Waals surface area contributed by atoms with Crippen LogP contribution in [0, 0.1) is 5.82 Å². The third-order valence-corrected chi connectivity index (χ3v) is 5.84. The highest BCUT2D eigenvalue weighted by atomic mass is 32.2. The monoisotopic (exact) mass is 430 g/mol. The van der Waals surface area contributed by atoms with Crippen LogP contribution >= 0.6 is 11.8 Å². The Balaban J connectivity index is 1.57. The number of hydrogen-bond donors (Lipinski definition) is 1. The molecule has 1 saturated heterocycles. The van der Waals surface area contributed by atoms with Gasteiger partial charge in [0, 0.05) is 44.2 Å². The fourth-order valence-corrected chi connectivity index (χ4v) is 4.19. The van der Waals surface area contributed by atoms with E-state index in [2.05, 4.69) is 15.2 Å². The van der Waals surface area contributed by atoms with Gasteiger partial charge in [0.2, 0.25) is 5.91 Å². The van der Waals surface area contributed by atoms with Crippen molar-refractivity contribution in [1.29, 1.82) is 0 Å². The van der Waals surface area contributed by atoms with Crippen LogP contribution in [0.1, 0.15) is 29.8 Å². The van der Waals surface area contributed by atoms with E-state index in [-0.39, 0.29) is 23.7 Å². The van der Waals surface area contributed by atoms with Crippen LogP contribution in [0.4, 0.5) is 4.39 Å². The predicted octanol–water partition coefficient (Wildman–Crippen LogP) is 2.80. The molecule has 1 aromatic carbocycles. The number of benzene rings is 1. The minimum Gasteiger partial charge on any atom is -0.353 e. The summed E-state index contributed by atoms with van der Waals surface area (Å²) in [6.45, 7) is 6.70. The molecule has 0 atom stereocenters. The molecule has 0 unspecified atom stereocenters. The molecule has 160 valence electrons. The van der Waals surface area contributed by atoms with Gasteiger partial charge in [-0.2, -0.15) is 0 Å². The quantitative estimate of drug-likeness (QED) is 0.685. The van der Waals surface area contributed by atoms with Gasteiger partial charge in [-0.05, 0) is 43.7 Å². The van der Waals surface area contributed by atoms with E-state index in [1.807, 2.05) is 18.7 Å². The highest BCUT2D eigenvalue weighted by Crippen LogP contribution is 2.25. The zero-order chi connectivity index (χ0) is 21.5. The summed E-state index contributed by atoms with van der Waals surface area (Å²) in [7, 11) is 0. The molecule has 1 aromatic heterocycles. The fraction of sp³-hybridized carbons (Fsp3) is 0.409. The number of pyridine rings is 1. The second-order valence-corrected chi connectivity index (χ2v) is 8.53. The molecule has 8 heteroatoms. The van der Waals surface area contributed by atoms with Gasteiger partial charge in [0.25, 0.3) is 5.91 Å². The topological polar surface area (TPSA) is 65.5 Å². The number of halogens is 1. The number of amides is 2. The molecule has 1 fully saturated rings. The number of hydrogen-bond acceptors (Lipinski definition) is 5. The van der Waals surface area contributed by atoms with Crippen molar-refractivity contribution in [1.82, 2.24) is 20.1 Å². The Bertz CT molecular complexity index is 868. The molecule has 0 bridgehead atoms. The van der Waals surface area contributed by atoms with E-state index in [1.54, 1.807) is 30.5 Å². The lowest BCUT2D eigenvalue weighted by Crippen LogP contribution is -2.51. The van der Waals surface area contributed by atoms with Crippen LogP contribution in [-0.2, 0) is 10.5 Å². The van der Waals surface area contributed by atoms with E-state index >= 15 is 0 Å². The molecule has 2 aromatic rings. The van der Waals surface area contributed by atoms with Crippen molar-refractivity contribution in [2.75, 3.05) is 32.7 Å². The van der Waals surface area contributed by atoms with Crippen LogP contribution in [0.2, 0.25) is 0 Å². The molecule has 0 spiro atoms. The van der Waals surface area contributed by atoms with Crippen molar-refractivity contribution in [3.8, 4) is 0 Å². The van der Waals surface area contributed by atoms with Gasteiger partial charge < -0.3 is 10.2 Å². The summed E-state index contributed by atoms with van der Waals surface area (Å²) in [5.74, 6) is 0.307. The van der Waals surface area contributed by atoms with Gasteiger partial charge in [0.15, 0.2) is 0 Å². The maximum absolute atomic E-state index is 13.1. The third-order valence-electron chi connectivity index (χ3n) is 4.77. The van der Waals surface area contributed by atoms with Crippen molar-refractivity contribution >= 4 is 23.6 Å². The summed E-state index contributed by atoms with van der Waals surface area (Å²) >= 11 is 1.47. The van der Waals surface area contributed by atoms with Gasteiger partial charge in [-0.25, -0.2) is 9.37 Å². The van der Waals surface area contributed by atoms with Crippen LogP contribution < -0.4 is 5.32 Å². The van der Waals surface area contributed by atoms with E-state index in [0.717, 1.165) is 5.56 Å². The van der Waals surface area contributed by atoms with E-state index < -0.39 is 0 Å². The van der Waals surface area contributed by atoms with Crippen molar-refractivity contribution < 1.29 is 14.0 Å². The Morgan fingerprint density at radius 1 is 1.13 bits per heavy atom. The first-order valence-corrected chi connectivity index (χ1v) is 11.0. The number of thioether (sulfide) groups is 1. The average Bonchev–Trinajstić information content (AvgIpc) is 2.73. The zero-order valence-corrected chi connectivity index (χ0v) is 18.1. The Hall–Kier alpha value is -2.45. The van der Waals surface area contributed by atoms with Crippen LogP contribution in [-0.4, -0.2) is 65.4 Å². The lowest BCUT2D eigenvalue weighted by molar-refractivity contribution is -0.123. The Labute approximate surface area is 180 Å². The van der Waals surface area contributed by atoms with Gasteiger partial charge in [-0.3, -0.25) is 14.5 Å². The van der Waals surface area contributed by atoms with Crippen molar-refractivity contribution in [2.24, 2.45) is 0 Å². The van der Waals surface area contributed by atoms with E-state index in [1.165, 1.54) is 23.9 Å². The first kappa shape index (κ1) is 22.2. The Morgan fingerprint density at radius 2 is 1.83 bits per heavy atom. The molecule has 1 aliphatic rings. The number of aromatic nitrogens is 1. The highest BCUT2D eigenvalue weighted by Gasteiger charge is 2.25. The van der Waals surface area contributed by atoms with Gasteiger partial charge >= 0.3 is 0 Å². The largest absolute Gasteiger partial charge is 0.353 e. The average molecular weight is 431 g/mol. The molecule has 2 amide bonds. The second kappa shape index (κ2) is 10.5. The lowest BCUT2D eigenvalue weighted by atomic mass is 10.2. The molecular weight excluding hydrogens is 403 g/mol. The summed E-state index contributed by atoms with van der Waals surface area (Å²) in [6.07, 6.45) is 1.68. The highest BCUT2D eigenvalue weighted by molar-refractivity contribution is 7.98. The summed E-state index contributed by atoms with van der Waals surface area (Å²) in [4.78, 5) is 33.3. The molecule has 0 aliphatic carbocycles. The zero-order valence-electron chi connectivity index (χ0n) is 17.3. The first-order valence-electron chi connectivity index (χ1n) is 10.1. The molecule has 1 N–H and O–H groups in total. The molecule has 30 heavy (non-hydrogen) atoms. The molecule has 0 radical (unpaired) electrons. The molecule has 2 heterocycles. The Kier molecular flexibility index (Phi) is 7.81. The predicted molar refractivity (Wildman–Crippen MR) is 116 cm³/mol. The number of carbonyl (C=O) groups excluding carboxylic acids is 2.